The van der Waals surface area contributed by atoms with Crippen LogP contribution in [-0.4, -0.2) is 39.1 Å². The second-order valence-corrected chi connectivity index (χ2v) is 7.74. The van der Waals surface area contributed by atoms with Gasteiger partial charge in [0, 0.05) is 32.7 Å². The Morgan fingerprint density at radius 2 is 2.16 bits per heavy atom. The smallest absolute Gasteiger partial charge is 0.316 e. The van der Waals surface area contributed by atoms with Gasteiger partial charge in [-0.15, -0.1) is 0 Å². The first-order chi connectivity index (χ1) is 15.0. The fraction of sp³-hybridized carbons (Fsp3) is 0.409. The number of aryl methyl sites for hydroxylation is 2. The summed E-state index contributed by atoms with van der Waals surface area (Å²) in [5.41, 5.74) is 2.82. The molecule has 0 spiro atoms. The number of fused-ring (bicyclic) bond motifs is 1. The molecular formula is C22H27FN6O2. The molecule has 1 aliphatic carbocycles. The van der Waals surface area contributed by atoms with Crippen LogP contribution in [0, 0.1) is 5.82 Å². The molecule has 8 nitrogen and oxygen atoms in total. The number of benzene rings is 1. The summed E-state index contributed by atoms with van der Waals surface area (Å²) < 4.78 is 22.3. The van der Waals surface area contributed by atoms with Crippen LogP contribution in [0.3, 0.4) is 0 Å². The number of urea groups is 1. The molecule has 2 N–H and O–H groups in total. The molecule has 9 heteroatoms. The van der Waals surface area contributed by atoms with Gasteiger partial charge < -0.3 is 19.9 Å². The number of hydrogen-bond acceptors (Lipinski definition) is 4. The predicted octanol–water partition coefficient (Wildman–Crippen LogP) is 2.87. The molecule has 1 aliphatic rings. The molecule has 0 saturated heterocycles. The van der Waals surface area contributed by atoms with Gasteiger partial charge in [0.1, 0.15) is 17.7 Å². The van der Waals surface area contributed by atoms with Crippen molar-refractivity contribution in [2.45, 2.75) is 37.9 Å². The van der Waals surface area contributed by atoms with Crippen LogP contribution in [0.4, 0.5) is 9.18 Å². The van der Waals surface area contributed by atoms with Gasteiger partial charge in [0.05, 0.1) is 24.9 Å². The molecule has 0 saturated carbocycles. The van der Waals surface area contributed by atoms with Crippen molar-refractivity contribution < 1.29 is 13.9 Å². The molecule has 164 valence electrons. The van der Waals surface area contributed by atoms with Crippen molar-refractivity contribution in [1.29, 1.82) is 0 Å². The highest BCUT2D eigenvalue weighted by molar-refractivity contribution is 5.75. The Balaban J connectivity index is 1.51. The molecule has 2 amide bonds. The molecule has 31 heavy (non-hydrogen) atoms. The number of nitrogens with zero attached hydrogens (tertiary/aromatic N) is 4. The third-order valence-corrected chi connectivity index (χ3v) is 5.56. The monoisotopic (exact) mass is 426 g/mol. The van der Waals surface area contributed by atoms with Gasteiger partial charge >= 0.3 is 6.03 Å². The van der Waals surface area contributed by atoms with E-state index in [0.29, 0.717) is 19.0 Å². The van der Waals surface area contributed by atoms with E-state index in [4.69, 9.17) is 4.74 Å². The highest BCUT2D eigenvalue weighted by atomic mass is 19.1. The van der Waals surface area contributed by atoms with Crippen LogP contribution >= 0.6 is 0 Å². The van der Waals surface area contributed by atoms with E-state index in [0.717, 1.165) is 36.1 Å². The van der Waals surface area contributed by atoms with Gasteiger partial charge in [-0.25, -0.2) is 14.2 Å². The lowest BCUT2D eigenvalue weighted by Gasteiger charge is -2.25. The number of carbonyl (C=O) groups is 1. The van der Waals surface area contributed by atoms with E-state index in [1.54, 1.807) is 25.4 Å². The number of aromatic nitrogens is 4. The second-order valence-electron chi connectivity index (χ2n) is 7.74. The Hall–Kier alpha value is -3.20. The number of methoxy groups -OCH3 is 1. The van der Waals surface area contributed by atoms with E-state index in [1.807, 2.05) is 28.7 Å². The van der Waals surface area contributed by atoms with Gasteiger partial charge in [0.2, 0.25) is 0 Å². The summed E-state index contributed by atoms with van der Waals surface area (Å²) in [6.07, 6.45) is 8.28. The predicted molar refractivity (Wildman–Crippen MR) is 113 cm³/mol. The first-order valence-corrected chi connectivity index (χ1v) is 10.4. The molecule has 0 aliphatic heterocycles. The van der Waals surface area contributed by atoms with Gasteiger partial charge in [-0.05, 0) is 42.5 Å². The standard InChI is InChI=1S/C22H27FN6O2/c1-28-11-10-24-21(28)20(15-6-8-17(23)9-7-15)26-22(30)25-18-5-3-4-16-14-29(12-13-31-2)27-19(16)18/h6-11,14,18,20H,3-5,12-13H2,1-2H3,(H2,25,26,30). The van der Waals surface area contributed by atoms with Crippen molar-refractivity contribution >= 4 is 6.03 Å². The number of halogens is 1. The van der Waals surface area contributed by atoms with E-state index < -0.39 is 6.04 Å². The molecule has 2 unspecified atom stereocenters. The summed E-state index contributed by atoms with van der Waals surface area (Å²) >= 11 is 0. The quantitative estimate of drug-likeness (QED) is 0.608. The average Bonchev–Trinajstić information content (AvgIpc) is 3.37. The summed E-state index contributed by atoms with van der Waals surface area (Å²) in [5.74, 6) is 0.334. The highest BCUT2D eigenvalue weighted by Crippen LogP contribution is 2.29. The molecule has 0 radical (unpaired) electrons. The van der Waals surface area contributed by atoms with Gasteiger partial charge in [0.25, 0.3) is 0 Å². The molecule has 2 aromatic heterocycles. The lowest BCUT2D eigenvalue weighted by molar-refractivity contribution is 0.183. The van der Waals surface area contributed by atoms with E-state index >= 15 is 0 Å². The van der Waals surface area contributed by atoms with Crippen molar-refractivity contribution in [2.75, 3.05) is 13.7 Å². The van der Waals surface area contributed by atoms with Crippen LogP contribution in [0.1, 0.15) is 47.6 Å². The minimum absolute atomic E-state index is 0.164. The zero-order chi connectivity index (χ0) is 21.8. The molecule has 0 fully saturated rings. The maximum atomic E-state index is 13.4. The first kappa shape index (κ1) is 21.0. The average molecular weight is 426 g/mol. The van der Waals surface area contributed by atoms with Crippen LogP contribution in [0.2, 0.25) is 0 Å². The van der Waals surface area contributed by atoms with Crippen molar-refractivity contribution in [3.8, 4) is 0 Å². The second kappa shape index (κ2) is 9.30. The Morgan fingerprint density at radius 3 is 2.87 bits per heavy atom. The Morgan fingerprint density at radius 1 is 1.35 bits per heavy atom. The summed E-state index contributed by atoms with van der Waals surface area (Å²) in [4.78, 5) is 17.4. The van der Waals surface area contributed by atoms with E-state index in [1.165, 1.54) is 12.1 Å². The minimum atomic E-state index is -0.511. The van der Waals surface area contributed by atoms with E-state index in [9.17, 15) is 9.18 Å². The molecule has 2 atom stereocenters. The fourth-order valence-electron chi connectivity index (χ4n) is 3.98. The molecule has 1 aromatic carbocycles. The van der Waals surface area contributed by atoms with E-state index in [-0.39, 0.29) is 17.9 Å². The van der Waals surface area contributed by atoms with Crippen LogP contribution < -0.4 is 10.6 Å². The summed E-state index contributed by atoms with van der Waals surface area (Å²) in [5, 5.41) is 10.7. The van der Waals surface area contributed by atoms with Crippen LogP contribution in [-0.2, 0) is 24.8 Å². The van der Waals surface area contributed by atoms with Crippen molar-refractivity contribution in [1.82, 2.24) is 30.0 Å². The third kappa shape index (κ3) is 4.77. The van der Waals surface area contributed by atoms with Crippen molar-refractivity contribution in [2.24, 2.45) is 7.05 Å². The van der Waals surface area contributed by atoms with Gasteiger partial charge in [-0.1, -0.05) is 12.1 Å². The number of imidazole rings is 1. The lowest BCUT2D eigenvalue weighted by atomic mass is 9.94. The molecule has 0 bridgehead atoms. The minimum Gasteiger partial charge on any atom is -0.383 e. The number of ether oxygens (including phenoxy) is 1. The third-order valence-electron chi connectivity index (χ3n) is 5.56. The molecule has 4 rings (SSSR count). The van der Waals surface area contributed by atoms with Crippen molar-refractivity contribution in [3.05, 3.63) is 71.3 Å². The highest BCUT2D eigenvalue weighted by Gasteiger charge is 2.27. The summed E-state index contributed by atoms with van der Waals surface area (Å²) in [6, 6.07) is 5.08. The fourth-order valence-corrected chi connectivity index (χ4v) is 3.98. The zero-order valence-corrected chi connectivity index (χ0v) is 17.7. The molecular weight excluding hydrogens is 399 g/mol. The number of nitrogens with one attached hydrogen (secondary N) is 2. The largest absolute Gasteiger partial charge is 0.383 e. The maximum Gasteiger partial charge on any atom is 0.316 e. The number of rotatable bonds is 7. The SMILES string of the molecule is COCCn1cc2c(n1)C(NC(=O)NC(c1ccc(F)cc1)c1nccn1C)CCC2. The van der Waals surface area contributed by atoms with Crippen LogP contribution in [0.15, 0.2) is 42.9 Å². The first-order valence-electron chi connectivity index (χ1n) is 10.4. The van der Waals surface area contributed by atoms with Gasteiger partial charge in [-0.2, -0.15) is 5.10 Å². The number of amides is 2. The van der Waals surface area contributed by atoms with Gasteiger partial charge in [0.15, 0.2) is 0 Å². The van der Waals surface area contributed by atoms with E-state index in [2.05, 4.69) is 20.7 Å². The Kier molecular flexibility index (Phi) is 6.31. The summed E-state index contributed by atoms with van der Waals surface area (Å²) in [6.45, 7) is 1.26. The van der Waals surface area contributed by atoms with Crippen LogP contribution in [0.25, 0.3) is 0 Å². The lowest BCUT2D eigenvalue weighted by Crippen LogP contribution is -2.41. The molecule has 2 heterocycles. The Bertz CT molecular complexity index is 1030. The van der Waals surface area contributed by atoms with Crippen LogP contribution in [0.5, 0.6) is 0 Å². The summed E-state index contributed by atoms with van der Waals surface area (Å²) in [7, 11) is 3.52. The van der Waals surface area contributed by atoms with Gasteiger partial charge in [-0.3, -0.25) is 4.68 Å². The zero-order valence-electron chi connectivity index (χ0n) is 17.7. The molecule has 3 aromatic rings. The normalized spacial score (nSPS) is 16.5. The number of hydrogen-bond donors (Lipinski definition) is 2. The Labute approximate surface area is 180 Å². The number of carbonyl (C=O) groups excluding carboxylic acids is 1. The topological polar surface area (TPSA) is 86.0 Å². The van der Waals surface area contributed by atoms with Crippen molar-refractivity contribution in [3.63, 3.8) is 0 Å². The maximum absolute atomic E-state index is 13.4.